The molecule has 0 aromatic carbocycles. The number of sulfonamides is 1. The van der Waals surface area contributed by atoms with E-state index in [2.05, 4.69) is 14.7 Å². The minimum absolute atomic E-state index is 0.0381. The van der Waals surface area contributed by atoms with Crippen LogP contribution in [0.2, 0.25) is 5.15 Å². The highest BCUT2D eigenvalue weighted by Gasteiger charge is 2.17. The summed E-state index contributed by atoms with van der Waals surface area (Å²) in [6.07, 6.45) is 3.12. The number of halogens is 1. The van der Waals surface area contributed by atoms with Crippen LogP contribution in [-0.2, 0) is 17.1 Å². The van der Waals surface area contributed by atoms with Gasteiger partial charge < -0.3 is 4.57 Å². The zero-order chi connectivity index (χ0) is 13.3. The Labute approximate surface area is 110 Å². The van der Waals surface area contributed by atoms with E-state index in [-0.39, 0.29) is 16.0 Å². The first-order valence-electron chi connectivity index (χ1n) is 5.03. The lowest BCUT2D eigenvalue weighted by atomic mass is 10.5. The Hall–Kier alpha value is -1.60. The average Bonchev–Trinajstić information content (AvgIpc) is 2.62. The Morgan fingerprint density at radius 3 is 2.67 bits per heavy atom. The fraction of sp³-hybridized carbons (Fsp3) is 0.200. The summed E-state index contributed by atoms with van der Waals surface area (Å²) >= 11 is 5.74. The van der Waals surface area contributed by atoms with Crippen molar-refractivity contribution in [2.45, 2.75) is 11.8 Å². The molecule has 18 heavy (non-hydrogen) atoms. The zero-order valence-corrected chi connectivity index (χ0v) is 11.3. The van der Waals surface area contributed by atoms with Gasteiger partial charge in [-0.3, -0.25) is 0 Å². The molecule has 0 aliphatic carbocycles. The quantitative estimate of drug-likeness (QED) is 0.869. The molecule has 0 bridgehead atoms. The van der Waals surface area contributed by atoms with Crippen molar-refractivity contribution in [3.05, 3.63) is 35.4 Å². The van der Waals surface area contributed by atoms with E-state index >= 15 is 0 Å². The van der Waals surface area contributed by atoms with Crippen LogP contribution in [0.5, 0.6) is 0 Å². The number of anilines is 1. The van der Waals surface area contributed by atoms with Crippen molar-refractivity contribution in [3.63, 3.8) is 0 Å². The number of aromatic nitrogens is 3. The van der Waals surface area contributed by atoms with Crippen LogP contribution in [0.15, 0.2) is 29.4 Å². The minimum atomic E-state index is -3.68. The van der Waals surface area contributed by atoms with E-state index in [1.807, 2.05) is 0 Å². The van der Waals surface area contributed by atoms with E-state index in [0.717, 1.165) is 0 Å². The van der Waals surface area contributed by atoms with Crippen LogP contribution >= 0.6 is 11.6 Å². The van der Waals surface area contributed by atoms with Crippen molar-refractivity contribution in [3.8, 4) is 0 Å². The van der Waals surface area contributed by atoms with Crippen molar-refractivity contribution >= 4 is 27.6 Å². The summed E-state index contributed by atoms with van der Waals surface area (Å²) in [4.78, 5) is 7.91. The predicted octanol–water partition coefficient (Wildman–Crippen LogP) is 1.58. The van der Waals surface area contributed by atoms with Crippen LogP contribution in [0.25, 0.3) is 0 Å². The molecule has 0 atom stereocenters. The fourth-order valence-corrected chi connectivity index (χ4v) is 2.62. The van der Waals surface area contributed by atoms with Gasteiger partial charge in [-0.25, -0.2) is 23.1 Å². The molecule has 0 radical (unpaired) electrons. The number of nitrogens with zero attached hydrogens (tertiary/aromatic N) is 3. The highest BCUT2D eigenvalue weighted by Crippen LogP contribution is 2.15. The maximum absolute atomic E-state index is 12.0. The normalized spacial score (nSPS) is 11.5. The Balaban J connectivity index is 2.33. The maximum atomic E-state index is 12.0. The summed E-state index contributed by atoms with van der Waals surface area (Å²) < 4.78 is 27.9. The lowest BCUT2D eigenvalue weighted by Gasteiger charge is -2.05. The van der Waals surface area contributed by atoms with Crippen LogP contribution in [0.1, 0.15) is 5.69 Å². The summed E-state index contributed by atoms with van der Waals surface area (Å²) in [7, 11) is -1.95. The number of hydrogen-bond acceptors (Lipinski definition) is 4. The lowest BCUT2D eigenvalue weighted by molar-refractivity contribution is 0.600. The van der Waals surface area contributed by atoms with Crippen molar-refractivity contribution in [2.75, 3.05) is 4.72 Å². The second-order valence-corrected chi connectivity index (χ2v) is 5.84. The van der Waals surface area contributed by atoms with Crippen LogP contribution in [0.3, 0.4) is 0 Å². The molecule has 2 aromatic rings. The lowest BCUT2D eigenvalue weighted by Crippen LogP contribution is -2.15. The van der Waals surface area contributed by atoms with Crippen molar-refractivity contribution in [1.82, 2.24) is 14.5 Å². The van der Waals surface area contributed by atoms with Gasteiger partial charge in [0.25, 0.3) is 10.0 Å². The SMILES string of the molecule is Cc1cc(Cl)nc(NS(=O)(=O)c2ccn(C)c2)n1. The second-order valence-electron chi connectivity index (χ2n) is 3.77. The summed E-state index contributed by atoms with van der Waals surface area (Å²) in [6, 6.07) is 3.03. The van der Waals surface area contributed by atoms with Gasteiger partial charge in [-0.1, -0.05) is 11.6 Å². The Morgan fingerprint density at radius 2 is 2.11 bits per heavy atom. The molecule has 2 aromatic heterocycles. The topological polar surface area (TPSA) is 76.9 Å². The van der Waals surface area contributed by atoms with E-state index < -0.39 is 10.0 Å². The molecule has 0 aliphatic heterocycles. The van der Waals surface area contributed by atoms with Crippen LogP contribution < -0.4 is 4.72 Å². The van der Waals surface area contributed by atoms with Crippen LogP contribution in [0, 0.1) is 6.92 Å². The van der Waals surface area contributed by atoms with Gasteiger partial charge in [0.15, 0.2) is 0 Å². The Morgan fingerprint density at radius 1 is 1.39 bits per heavy atom. The van der Waals surface area contributed by atoms with Crippen molar-refractivity contribution in [2.24, 2.45) is 7.05 Å². The fourth-order valence-electron chi connectivity index (χ4n) is 1.39. The summed E-state index contributed by atoms with van der Waals surface area (Å²) in [6.45, 7) is 1.70. The molecule has 0 amide bonds. The van der Waals surface area contributed by atoms with Gasteiger partial charge in [0.05, 0.1) is 0 Å². The molecule has 0 spiro atoms. The smallest absolute Gasteiger partial charge is 0.265 e. The first kappa shape index (κ1) is 12.8. The van der Waals surface area contributed by atoms with Gasteiger partial charge in [-0.15, -0.1) is 0 Å². The van der Waals surface area contributed by atoms with E-state index in [9.17, 15) is 8.42 Å². The molecule has 1 N–H and O–H groups in total. The molecule has 0 fully saturated rings. The Bertz CT molecular complexity index is 661. The second kappa shape index (κ2) is 4.58. The van der Waals surface area contributed by atoms with E-state index in [1.54, 1.807) is 30.8 Å². The average molecular weight is 287 g/mol. The predicted molar refractivity (Wildman–Crippen MR) is 68.0 cm³/mol. The van der Waals surface area contributed by atoms with Gasteiger partial charge in [-0.05, 0) is 19.1 Å². The highest BCUT2D eigenvalue weighted by molar-refractivity contribution is 7.92. The molecule has 2 heterocycles. The third kappa shape index (κ3) is 2.80. The third-order valence-electron chi connectivity index (χ3n) is 2.16. The first-order chi connectivity index (χ1) is 8.37. The standard InChI is InChI=1S/C10H11ClN4O2S/c1-7-5-9(11)13-10(12-7)14-18(16,17)8-3-4-15(2)6-8/h3-6H,1-2H3,(H,12,13,14). The van der Waals surface area contributed by atoms with Crippen LogP contribution in [0.4, 0.5) is 5.95 Å². The van der Waals surface area contributed by atoms with E-state index in [1.165, 1.54) is 12.3 Å². The molecule has 0 saturated carbocycles. The molecule has 0 aliphatic rings. The van der Waals surface area contributed by atoms with Gasteiger partial charge in [0.1, 0.15) is 10.0 Å². The summed E-state index contributed by atoms with van der Waals surface area (Å²) in [5.74, 6) is -0.0381. The van der Waals surface area contributed by atoms with Gasteiger partial charge >= 0.3 is 0 Å². The van der Waals surface area contributed by atoms with E-state index in [4.69, 9.17) is 11.6 Å². The molecular weight excluding hydrogens is 276 g/mol. The molecule has 6 nitrogen and oxygen atoms in total. The van der Waals surface area contributed by atoms with Crippen molar-refractivity contribution in [1.29, 1.82) is 0 Å². The van der Waals surface area contributed by atoms with Crippen LogP contribution in [-0.4, -0.2) is 23.0 Å². The third-order valence-corrected chi connectivity index (χ3v) is 3.67. The molecular formula is C10H11ClN4O2S. The number of rotatable bonds is 3. The van der Waals surface area contributed by atoms with Gasteiger partial charge in [-0.2, -0.15) is 0 Å². The molecule has 96 valence electrons. The first-order valence-corrected chi connectivity index (χ1v) is 6.89. The molecule has 2 rings (SSSR count). The number of nitrogens with one attached hydrogen (secondary N) is 1. The molecule has 8 heteroatoms. The number of hydrogen-bond donors (Lipinski definition) is 1. The highest BCUT2D eigenvalue weighted by atomic mass is 35.5. The van der Waals surface area contributed by atoms with E-state index in [0.29, 0.717) is 5.69 Å². The molecule has 0 saturated heterocycles. The zero-order valence-electron chi connectivity index (χ0n) is 9.75. The molecule has 0 unspecified atom stereocenters. The van der Waals surface area contributed by atoms with Gasteiger partial charge in [0, 0.05) is 25.1 Å². The number of aryl methyl sites for hydroxylation is 2. The van der Waals surface area contributed by atoms with Crippen molar-refractivity contribution < 1.29 is 8.42 Å². The minimum Gasteiger partial charge on any atom is -0.356 e. The maximum Gasteiger partial charge on any atom is 0.265 e. The summed E-state index contributed by atoms with van der Waals surface area (Å²) in [5.41, 5.74) is 0.584. The Kier molecular flexibility index (Phi) is 3.27. The largest absolute Gasteiger partial charge is 0.356 e. The van der Waals surface area contributed by atoms with Gasteiger partial charge in [0.2, 0.25) is 5.95 Å². The summed E-state index contributed by atoms with van der Waals surface area (Å²) in [5, 5.41) is 0.188. The monoisotopic (exact) mass is 286 g/mol.